The lowest BCUT2D eigenvalue weighted by Crippen LogP contribution is -2.29. The van der Waals surface area contributed by atoms with E-state index in [2.05, 4.69) is 10.1 Å². The first kappa shape index (κ1) is 26.0. The van der Waals surface area contributed by atoms with Gasteiger partial charge >= 0.3 is 6.36 Å². The van der Waals surface area contributed by atoms with Crippen molar-refractivity contribution in [2.45, 2.75) is 60.2 Å². The zero-order valence-corrected chi connectivity index (χ0v) is 18.8. The molecule has 0 saturated carbocycles. The number of hydrogen-bond donors (Lipinski definition) is 1. The van der Waals surface area contributed by atoms with E-state index in [1.165, 1.54) is 24.3 Å². The van der Waals surface area contributed by atoms with Crippen LogP contribution in [0.2, 0.25) is 0 Å². The van der Waals surface area contributed by atoms with Crippen LogP contribution in [0.1, 0.15) is 53.9 Å². The number of ether oxygens (including phenoxy) is 1. The number of alkyl halides is 3. The smallest absolute Gasteiger partial charge is 0.406 e. The monoisotopic (exact) mass is 430 g/mol. The first-order valence-corrected chi connectivity index (χ1v) is 10.5. The molecular weight excluding hydrogens is 396 g/mol. The highest BCUT2D eigenvalue weighted by molar-refractivity contribution is 5.55. The molecule has 7 heteroatoms. The predicted octanol–water partition coefficient (Wildman–Crippen LogP) is 6.97. The first-order valence-electron chi connectivity index (χ1n) is 10.5. The Labute approximate surface area is 177 Å². The number of halogens is 4. The van der Waals surface area contributed by atoms with E-state index in [0.29, 0.717) is 11.4 Å². The Morgan fingerprint density at radius 3 is 2.10 bits per heavy atom. The summed E-state index contributed by atoms with van der Waals surface area (Å²) in [6, 6.07) is 5.42. The Bertz CT molecular complexity index is 718. The van der Waals surface area contributed by atoms with Gasteiger partial charge in [0.2, 0.25) is 0 Å². The molecule has 0 spiro atoms. The van der Waals surface area contributed by atoms with Crippen molar-refractivity contribution in [2.24, 2.45) is 5.92 Å². The van der Waals surface area contributed by atoms with Gasteiger partial charge < -0.3 is 15.0 Å². The summed E-state index contributed by atoms with van der Waals surface area (Å²) in [6.07, 6.45) is -2.18. The number of hydrogen-bond acceptors (Lipinski definition) is 3. The van der Waals surface area contributed by atoms with Gasteiger partial charge in [-0.2, -0.15) is 0 Å². The van der Waals surface area contributed by atoms with Crippen molar-refractivity contribution < 1.29 is 22.3 Å². The Hall–Kier alpha value is -2.02. The molecule has 0 bridgehead atoms. The van der Waals surface area contributed by atoms with Crippen molar-refractivity contribution in [1.82, 2.24) is 5.32 Å². The van der Waals surface area contributed by atoms with E-state index >= 15 is 4.39 Å². The number of piperidine rings is 1. The summed E-state index contributed by atoms with van der Waals surface area (Å²) in [5.41, 5.74) is 2.82. The Morgan fingerprint density at radius 1 is 1.10 bits per heavy atom. The minimum absolute atomic E-state index is 0.173. The zero-order valence-electron chi connectivity index (χ0n) is 18.8. The van der Waals surface area contributed by atoms with Crippen molar-refractivity contribution >= 4 is 5.69 Å². The normalized spacial score (nSPS) is 16.7. The molecule has 0 aliphatic carbocycles. The summed E-state index contributed by atoms with van der Waals surface area (Å²) in [4.78, 5) is 1.65. The van der Waals surface area contributed by atoms with Crippen LogP contribution in [-0.4, -0.2) is 26.5 Å². The molecule has 0 aromatic heterocycles. The highest BCUT2D eigenvalue weighted by atomic mass is 19.4. The minimum atomic E-state index is -4.73. The molecule has 0 atom stereocenters. The second-order valence-electron chi connectivity index (χ2n) is 7.07. The van der Waals surface area contributed by atoms with E-state index in [1.807, 2.05) is 27.7 Å². The summed E-state index contributed by atoms with van der Waals surface area (Å²) in [5, 5.41) is 3.30. The highest BCUT2D eigenvalue weighted by Gasteiger charge is 2.31. The van der Waals surface area contributed by atoms with Crippen molar-refractivity contribution in [3.63, 3.8) is 0 Å². The number of benzene rings is 1. The summed E-state index contributed by atoms with van der Waals surface area (Å²) < 4.78 is 56.3. The molecule has 1 fully saturated rings. The van der Waals surface area contributed by atoms with Crippen molar-refractivity contribution in [3.05, 3.63) is 46.9 Å². The quantitative estimate of drug-likeness (QED) is 0.389. The second-order valence-corrected chi connectivity index (χ2v) is 7.07. The molecule has 1 saturated heterocycles. The maximum absolute atomic E-state index is 15.5. The summed E-state index contributed by atoms with van der Waals surface area (Å²) in [5.74, 6) is -0.375. The van der Waals surface area contributed by atoms with E-state index in [0.717, 1.165) is 43.5 Å². The Kier molecular flexibility index (Phi) is 10.4. The third-order valence-electron chi connectivity index (χ3n) is 5.25. The molecule has 30 heavy (non-hydrogen) atoms. The molecule has 0 radical (unpaired) electrons. The third kappa shape index (κ3) is 7.35. The Balaban J connectivity index is 0.00000218. The molecule has 3 nitrogen and oxygen atoms in total. The molecular formula is C23H34F4N2O. The van der Waals surface area contributed by atoms with Crippen LogP contribution in [0.15, 0.2) is 46.9 Å². The fourth-order valence-corrected chi connectivity index (χ4v) is 3.42. The van der Waals surface area contributed by atoms with Crippen LogP contribution in [0.25, 0.3) is 0 Å². The van der Waals surface area contributed by atoms with Crippen LogP contribution >= 0.6 is 0 Å². The summed E-state index contributed by atoms with van der Waals surface area (Å²) in [6.45, 7) is 11.4. The van der Waals surface area contributed by atoms with Crippen LogP contribution in [0.4, 0.5) is 23.2 Å². The number of nitrogens with one attached hydrogen (secondary N) is 1. The van der Waals surface area contributed by atoms with Crippen LogP contribution < -0.4 is 15.0 Å². The molecule has 0 unspecified atom stereocenters. The topological polar surface area (TPSA) is 24.5 Å². The molecule has 170 valence electrons. The van der Waals surface area contributed by atoms with Crippen LogP contribution in [0, 0.1) is 5.92 Å². The largest absolute Gasteiger partial charge is 0.573 e. The number of allylic oxidation sites excluding steroid dienone is 4. The van der Waals surface area contributed by atoms with Gasteiger partial charge in [-0.3, -0.25) is 0 Å². The number of nitrogens with zero attached hydrogens (tertiary/aromatic N) is 1. The van der Waals surface area contributed by atoms with E-state index in [1.54, 1.807) is 18.9 Å². The molecule has 1 N–H and O–H groups in total. The molecule has 1 aromatic rings. The van der Waals surface area contributed by atoms with Crippen molar-refractivity contribution in [1.29, 1.82) is 0 Å². The van der Waals surface area contributed by atoms with Crippen LogP contribution in [-0.2, 0) is 0 Å². The summed E-state index contributed by atoms with van der Waals surface area (Å²) in [7, 11) is 1.70. The zero-order chi connectivity index (χ0) is 22.9. The lowest BCUT2D eigenvalue weighted by atomic mass is 9.85. The van der Waals surface area contributed by atoms with Gasteiger partial charge in [0, 0.05) is 12.7 Å². The fourth-order valence-electron chi connectivity index (χ4n) is 3.42. The minimum Gasteiger partial charge on any atom is -0.406 e. The standard InChI is InChI=1S/C21H28F4N2O.C2H6/c1-5-14(2)19(16-10-12-26-13-11-16)20(22)15(3)27(4)17-6-8-18(9-7-17)28-21(23,24)25;1-2/h6-9,16,26H,5,10-13H2,1-4H3;1-2H3/b19-14+,20-15+;. The van der Waals surface area contributed by atoms with Gasteiger partial charge in [-0.25, -0.2) is 4.39 Å². The van der Waals surface area contributed by atoms with E-state index in [-0.39, 0.29) is 17.5 Å². The lowest BCUT2D eigenvalue weighted by molar-refractivity contribution is -0.274. The van der Waals surface area contributed by atoms with Crippen molar-refractivity contribution in [3.8, 4) is 5.75 Å². The first-order chi connectivity index (χ1) is 14.1. The van der Waals surface area contributed by atoms with Gasteiger partial charge in [-0.05, 0) is 82.0 Å². The molecule has 1 aliphatic rings. The van der Waals surface area contributed by atoms with Crippen LogP contribution in [0.5, 0.6) is 5.75 Å². The molecule has 1 heterocycles. The maximum Gasteiger partial charge on any atom is 0.573 e. The van der Waals surface area contributed by atoms with Gasteiger partial charge in [0.05, 0.1) is 5.70 Å². The van der Waals surface area contributed by atoms with Crippen molar-refractivity contribution in [2.75, 3.05) is 25.0 Å². The molecule has 0 amide bonds. The SMILES string of the molecule is CC.CC/C(C)=C(/C(F)=C(/C)N(C)c1ccc(OC(F)(F)F)cc1)C1CCNCC1. The fraction of sp³-hybridized carbons (Fsp3) is 0.565. The highest BCUT2D eigenvalue weighted by Crippen LogP contribution is 2.35. The average molecular weight is 431 g/mol. The molecule has 1 aliphatic heterocycles. The van der Waals surface area contributed by atoms with Gasteiger partial charge in [0.1, 0.15) is 11.6 Å². The predicted molar refractivity (Wildman–Crippen MR) is 115 cm³/mol. The average Bonchev–Trinajstić information content (AvgIpc) is 2.74. The van der Waals surface area contributed by atoms with Crippen LogP contribution in [0.3, 0.4) is 0 Å². The Morgan fingerprint density at radius 2 is 1.63 bits per heavy atom. The number of rotatable bonds is 6. The van der Waals surface area contributed by atoms with Gasteiger partial charge in [-0.1, -0.05) is 26.3 Å². The van der Waals surface area contributed by atoms with Gasteiger partial charge in [-0.15, -0.1) is 13.2 Å². The summed E-state index contributed by atoms with van der Waals surface area (Å²) >= 11 is 0. The van der Waals surface area contributed by atoms with Gasteiger partial charge in [0.15, 0.2) is 0 Å². The van der Waals surface area contributed by atoms with E-state index in [9.17, 15) is 13.2 Å². The number of anilines is 1. The lowest BCUT2D eigenvalue weighted by Gasteiger charge is -2.29. The van der Waals surface area contributed by atoms with E-state index in [4.69, 9.17) is 0 Å². The third-order valence-corrected chi connectivity index (χ3v) is 5.25. The molecule has 2 rings (SSSR count). The second kappa shape index (κ2) is 12.0. The molecule has 1 aromatic carbocycles. The van der Waals surface area contributed by atoms with Gasteiger partial charge in [0.25, 0.3) is 0 Å². The van der Waals surface area contributed by atoms with E-state index < -0.39 is 6.36 Å². The maximum atomic E-state index is 15.5.